The van der Waals surface area contributed by atoms with E-state index in [2.05, 4.69) is 0 Å². The van der Waals surface area contributed by atoms with Crippen LogP contribution in [0.1, 0.15) is 12.5 Å². The maximum Gasteiger partial charge on any atom is 0.319 e. The van der Waals surface area contributed by atoms with Crippen molar-refractivity contribution in [3.63, 3.8) is 0 Å². The van der Waals surface area contributed by atoms with E-state index >= 15 is 0 Å². The molecule has 0 heterocycles. The molecule has 0 saturated heterocycles. The Hall–Kier alpha value is -2.94. The summed E-state index contributed by atoms with van der Waals surface area (Å²) >= 11 is 1.23. The molecule has 0 aliphatic carbocycles. The van der Waals surface area contributed by atoms with Gasteiger partial charge in [-0.3, -0.25) is 25.0 Å². The minimum atomic E-state index is -0.501. The molecule has 0 aromatic heterocycles. The Bertz CT molecular complexity index is 776. The lowest BCUT2D eigenvalue weighted by Crippen LogP contribution is -2.16. The largest absolute Gasteiger partial charge is 0.460 e. The van der Waals surface area contributed by atoms with Crippen LogP contribution in [0, 0.1) is 20.2 Å². The second-order valence-electron chi connectivity index (χ2n) is 5.04. The summed E-state index contributed by atoms with van der Waals surface area (Å²) in [7, 11) is 0. The molecule has 25 heavy (non-hydrogen) atoms. The highest BCUT2D eigenvalue weighted by Crippen LogP contribution is 2.26. The summed E-state index contributed by atoms with van der Waals surface area (Å²) in [6.45, 7) is 1.69. The lowest BCUT2D eigenvalue weighted by molar-refractivity contribution is -0.385. The number of nitro benzene ring substituents is 2. The number of benzene rings is 2. The molecule has 0 aliphatic heterocycles. The number of non-ortho nitro benzene ring substituents is 2. The van der Waals surface area contributed by atoms with Gasteiger partial charge < -0.3 is 4.74 Å². The zero-order valence-electron chi connectivity index (χ0n) is 13.2. The Kier molecular flexibility index (Phi) is 6.07. The Morgan fingerprint density at radius 1 is 1.00 bits per heavy atom. The molecule has 8 nitrogen and oxygen atoms in total. The third kappa shape index (κ3) is 5.28. The number of hydrogen-bond donors (Lipinski definition) is 0. The zero-order valence-corrected chi connectivity index (χ0v) is 14.0. The SMILES string of the molecule is CC(Sc1ccc([N+](=O)[O-])cc1)C(=O)OCc1ccc([N+](=O)[O-])cc1. The molecule has 0 saturated carbocycles. The Balaban J connectivity index is 1.87. The van der Waals surface area contributed by atoms with E-state index in [0.29, 0.717) is 10.5 Å². The van der Waals surface area contributed by atoms with E-state index in [4.69, 9.17) is 4.74 Å². The maximum absolute atomic E-state index is 12.0. The summed E-state index contributed by atoms with van der Waals surface area (Å²) in [5.74, 6) is -0.443. The first kappa shape index (κ1) is 18.4. The molecule has 2 aromatic rings. The fourth-order valence-corrected chi connectivity index (χ4v) is 2.75. The third-order valence-corrected chi connectivity index (χ3v) is 4.31. The van der Waals surface area contributed by atoms with Gasteiger partial charge in [0.05, 0.1) is 9.85 Å². The quantitative estimate of drug-likeness (QED) is 0.319. The number of carbonyl (C=O) groups is 1. The van der Waals surface area contributed by atoms with Crippen LogP contribution in [0.2, 0.25) is 0 Å². The Morgan fingerprint density at radius 2 is 1.48 bits per heavy atom. The van der Waals surface area contributed by atoms with Crippen LogP contribution < -0.4 is 0 Å². The van der Waals surface area contributed by atoms with E-state index in [0.717, 1.165) is 0 Å². The van der Waals surface area contributed by atoms with Gasteiger partial charge in [-0.05, 0) is 36.8 Å². The normalized spacial score (nSPS) is 11.6. The fourth-order valence-electron chi connectivity index (χ4n) is 1.88. The lowest BCUT2D eigenvalue weighted by Gasteiger charge is -2.11. The number of esters is 1. The van der Waals surface area contributed by atoms with Gasteiger partial charge in [0.15, 0.2) is 0 Å². The van der Waals surface area contributed by atoms with Gasteiger partial charge in [0, 0.05) is 29.2 Å². The highest BCUT2D eigenvalue weighted by molar-refractivity contribution is 8.00. The standard InChI is InChI=1S/C16H14N2O6S/c1-11(25-15-8-6-14(7-9-15)18(22)23)16(19)24-10-12-2-4-13(5-3-12)17(20)21/h2-9,11H,10H2,1H3. The molecule has 0 amide bonds. The third-order valence-electron chi connectivity index (χ3n) is 3.22. The van der Waals surface area contributed by atoms with Crippen LogP contribution in [0.15, 0.2) is 53.4 Å². The molecule has 0 radical (unpaired) electrons. The minimum Gasteiger partial charge on any atom is -0.460 e. The highest BCUT2D eigenvalue weighted by atomic mass is 32.2. The monoisotopic (exact) mass is 362 g/mol. The van der Waals surface area contributed by atoms with E-state index in [-0.39, 0.29) is 18.0 Å². The van der Waals surface area contributed by atoms with Crippen molar-refractivity contribution < 1.29 is 19.4 Å². The molecule has 0 aliphatic rings. The van der Waals surface area contributed by atoms with E-state index in [9.17, 15) is 25.0 Å². The summed E-state index contributed by atoms with van der Waals surface area (Å²) in [6, 6.07) is 11.6. The van der Waals surface area contributed by atoms with Crippen LogP contribution >= 0.6 is 11.8 Å². The summed E-state index contributed by atoms with van der Waals surface area (Å²) in [5, 5.41) is 20.7. The van der Waals surface area contributed by atoms with E-state index < -0.39 is 21.1 Å². The molecular formula is C16H14N2O6S. The van der Waals surface area contributed by atoms with E-state index in [1.54, 1.807) is 19.1 Å². The van der Waals surface area contributed by atoms with Crippen LogP contribution in [-0.4, -0.2) is 21.1 Å². The number of thioether (sulfide) groups is 1. The highest BCUT2D eigenvalue weighted by Gasteiger charge is 2.17. The molecule has 0 fully saturated rings. The van der Waals surface area contributed by atoms with Gasteiger partial charge >= 0.3 is 5.97 Å². The number of ether oxygens (including phenoxy) is 1. The molecule has 1 atom stereocenters. The van der Waals surface area contributed by atoms with Crippen molar-refractivity contribution in [2.24, 2.45) is 0 Å². The van der Waals surface area contributed by atoms with Gasteiger partial charge in [-0.1, -0.05) is 0 Å². The van der Waals surface area contributed by atoms with E-state index in [1.165, 1.54) is 48.2 Å². The van der Waals surface area contributed by atoms with Crippen molar-refractivity contribution in [3.8, 4) is 0 Å². The molecule has 2 aromatic carbocycles. The summed E-state index contributed by atoms with van der Waals surface area (Å²) in [4.78, 5) is 32.9. The van der Waals surface area contributed by atoms with Gasteiger partial charge in [-0.25, -0.2) is 0 Å². The summed E-state index contributed by atoms with van der Waals surface area (Å²) < 4.78 is 5.19. The van der Waals surface area contributed by atoms with Crippen molar-refractivity contribution in [1.29, 1.82) is 0 Å². The van der Waals surface area contributed by atoms with Crippen molar-refractivity contribution in [2.45, 2.75) is 23.7 Å². The van der Waals surface area contributed by atoms with Crippen molar-refractivity contribution in [2.75, 3.05) is 0 Å². The lowest BCUT2D eigenvalue weighted by atomic mass is 10.2. The molecule has 0 N–H and O–H groups in total. The van der Waals surface area contributed by atoms with Crippen molar-refractivity contribution in [1.82, 2.24) is 0 Å². The predicted molar refractivity (Wildman–Crippen MR) is 91.3 cm³/mol. The van der Waals surface area contributed by atoms with Crippen LogP contribution in [0.4, 0.5) is 11.4 Å². The van der Waals surface area contributed by atoms with Crippen molar-refractivity contribution >= 4 is 29.1 Å². The first-order chi connectivity index (χ1) is 11.9. The Morgan fingerprint density at radius 3 is 1.96 bits per heavy atom. The van der Waals surface area contributed by atoms with Gasteiger partial charge in [0.1, 0.15) is 11.9 Å². The van der Waals surface area contributed by atoms with Gasteiger partial charge in [-0.2, -0.15) is 0 Å². The average Bonchev–Trinajstić information content (AvgIpc) is 2.60. The first-order valence-electron chi connectivity index (χ1n) is 7.18. The van der Waals surface area contributed by atoms with Crippen LogP contribution in [0.5, 0.6) is 0 Å². The van der Waals surface area contributed by atoms with Crippen LogP contribution in [0.3, 0.4) is 0 Å². The molecule has 1 unspecified atom stereocenters. The topological polar surface area (TPSA) is 113 Å². The number of nitro groups is 2. The molecule has 130 valence electrons. The molecule has 9 heteroatoms. The number of rotatable bonds is 7. The molecule has 0 spiro atoms. The zero-order chi connectivity index (χ0) is 18.4. The second kappa shape index (κ2) is 8.25. The first-order valence-corrected chi connectivity index (χ1v) is 8.06. The van der Waals surface area contributed by atoms with Crippen LogP contribution in [-0.2, 0) is 16.1 Å². The van der Waals surface area contributed by atoms with Crippen molar-refractivity contribution in [3.05, 3.63) is 74.3 Å². The average molecular weight is 362 g/mol. The minimum absolute atomic E-state index is 0.0159. The molecule has 2 rings (SSSR count). The van der Waals surface area contributed by atoms with E-state index in [1.807, 2.05) is 0 Å². The van der Waals surface area contributed by atoms with Crippen LogP contribution in [0.25, 0.3) is 0 Å². The fraction of sp³-hybridized carbons (Fsp3) is 0.188. The number of hydrogen-bond acceptors (Lipinski definition) is 7. The predicted octanol–water partition coefficient (Wildman–Crippen LogP) is 3.73. The van der Waals surface area contributed by atoms with Gasteiger partial charge in [-0.15, -0.1) is 11.8 Å². The van der Waals surface area contributed by atoms with Gasteiger partial charge in [0.25, 0.3) is 11.4 Å². The summed E-state index contributed by atoms with van der Waals surface area (Å²) in [6.07, 6.45) is 0. The number of nitrogens with zero attached hydrogens (tertiary/aromatic N) is 2. The maximum atomic E-state index is 12.0. The van der Waals surface area contributed by atoms with Gasteiger partial charge in [0.2, 0.25) is 0 Å². The smallest absolute Gasteiger partial charge is 0.319 e. The Labute approximate surface area is 147 Å². The molecular weight excluding hydrogens is 348 g/mol. The molecule has 0 bridgehead atoms. The second-order valence-corrected chi connectivity index (χ2v) is 6.46. The summed E-state index contributed by atoms with van der Waals surface area (Å²) in [5.41, 5.74) is 0.599. The number of carbonyl (C=O) groups excluding carboxylic acids is 1.